The third-order valence-electron chi connectivity index (χ3n) is 4.27. The standard InChI is InChI=1S/C17H26O/c1-3-14(2)16-9-11-17(12-10-16)18-13-15-7-5-4-6-8-15/h9-12,14-15H,3-8,13H2,1-2H3. The molecule has 1 aliphatic rings. The van der Waals surface area contributed by atoms with Crippen LogP contribution in [0.2, 0.25) is 0 Å². The van der Waals surface area contributed by atoms with Crippen LogP contribution in [0.1, 0.15) is 63.9 Å². The van der Waals surface area contributed by atoms with Gasteiger partial charge in [0.1, 0.15) is 5.75 Å². The second-order valence-electron chi connectivity index (χ2n) is 5.69. The molecule has 0 bridgehead atoms. The van der Waals surface area contributed by atoms with Crippen molar-refractivity contribution in [2.75, 3.05) is 6.61 Å². The van der Waals surface area contributed by atoms with Gasteiger partial charge < -0.3 is 4.74 Å². The third kappa shape index (κ3) is 3.76. The van der Waals surface area contributed by atoms with Gasteiger partial charge in [-0.05, 0) is 48.8 Å². The molecule has 18 heavy (non-hydrogen) atoms. The molecule has 0 heterocycles. The number of hydrogen-bond donors (Lipinski definition) is 0. The molecule has 1 heteroatoms. The molecular formula is C17H26O. The number of rotatable bonds is 5. The molecular weight excluding hydrogens is 220 g/mol. The van der Waals surface area contributed by atoms with Crippen LogP contribution in [0.25, 0.3) is 0 Å². The van der Waals surface area contributed by atoms with Gasteiger partial charge in [-0.1, -0.05) is 45.2 Å². The van der Waals surface area contributed by atoms with Crippen LogP contribution in [0.15, 0.2) is 24.3 Å². The van der Waals surface area contributed by atoms with Gasteiger partial charge in [-0.3, -0.25) is 0 Å². The maximum Gasteiger partial charge on any atom is 0.119 e. The molecule has 0 saturated heterocycles. The summed E-state index contributed by atoms with van der Waals surface area (Å²) in [6, 6.07) is 8.68. The fourth-order valence-electron chi connectivity index (χ4n) is 2.70. The summed E-state index contributed by atoms with van der Waals surface area (Å²) in [7, 11) is 0. The first-order valence-electron chi connectivity index (χ1n) is 7.52. The van der Waals surface area contributed by atoms with E-state index in [1.54, 1.807) is 0 Å². The zero-order chi connectivity index (χ0) is 12.8. The summed E-state index contributed by atoms with van der Waals surface area (Å²) in [6.07, 6.45) is 8.10. The lowest BCUT2D eigenvalue weighted by Crippen LogP contribution is -2.15. The Hall–Kier alpha value is -0.980. The Morgan fingerprint density at radius 2 is 1.78 bits per heavy atom. The Kier molecular flexibility index (Phi) is 5.10. The van der Waals surface area contributed by atoms with E-state index < -0.39 is 0 Å². The van der Waals surface area contributed by atoms with E-state index in [4.69, 9.17) is 4.74 Å². The minimum absolute atomic E-state index is 0.650. The van der Waals surface area contributed by atoms with Crippen molar-refractivity contribution in [2.24, 2.45) is 5.92 Å². The maximum atomic E-state index is 5.91. The lowest BCUT2D eigenvalue weighted by atomic mass is 9.90. The van der Waals surface area contributed by atoms with E-state index >= 15 is 0 Å². The average molecular weight is 246 g/mol. The van der Waals surface area contributed by atoms with E-state index in [9.17, 15) is 0 Å². The van der Waals surface area contributed by atoms with Crippen LogP contribution in [0.3, 0.4) is 0 Å². The van der Waals surface area contributed by atoms with E-state index in [0.29, 0.717) is 5.92 Å². The molecule has 1 atom stereocenters. The van der Waals surface area contributed by atoms with Crippen LogP contribution in [0.5, 0.6) is 5.75 Å². The van der Waals surface area contributed by atoms with Crippen LogP contribution in [-0.2, 0) is 0 Å². The molecule has 0 spiro atoms. The first-order valence-corrected chi connectivity index (χ1v) is 7.52. The summed E-state index contributed by atoms with van der Waals surface area (Å²) >= 11 is 0. The van der Waals surface area contributed by atoms with Crippen molar-refractivity contribution in [3.8, 4) is 5.75 Å². The SMILES string of the molecule is CCC(C)c1ccc(OCC2CCCCC2)cc1. The maximum absolute atomic E-state index is 5.91. The smallest absolute Gasteiger partial charge is 0.119 e. The summed E-state index contributed by atoms with van der Waals surface area (Å²) in [4.78, 5) is 0. The van der Waals surface area contributed by atoms with Crippen LogP contribution in [-0.4, -0.2) is 6.61 Å². The molecule has 1 nitrogen and oxygen atoms in total. The van der Waals surface area contributed by atoms with Gasteiger partial charge in [-0.2, -0.15) is 0 Å². The highest BCUT2D eigenvalue weighted by Crippen LogP contribution is 2.25. The summed E-state index contributed by atoms with van der Waals surface area (Å²) in [6.45, 7) is 5.42. The number of ether oxygens (including phenoxy) is 1. The van der Waals surface area contributed by atoms with Gasteiger partial charge in [-0.15, -0.1) is 0 Å². The van der Waals surface area contributed by atoms with Gasteiger partial charge >= 0.3 is 0 Å². The molecule has 100 valence electrons. The molecule has 1 fully saturated rings. The molecule has 0 aromatic heterocycles. The van der Waals surface area contributed by atoms with Gasteiger partial charge in [0.25, 0.3) is 0 Å². The summed E-state index contributed by atoms with van der Waals surface area (Å²) in [5, 5.41) is 0. The molecule has 0 aliphatic heterocycles. The predicted molar refractivity (Wildman–Crippen MR) is 77.2 cm³/mol. The van der Waals surface area contributed by atoms with Gasteiger partial charge in [0, 0.05) is 0 Å². The lowest BCUT2D eigenvalue weighted by molar-refractivity contribution is 0.209. The Morgan fingerprint density at radius 3 is 2.39 bits per heavy atom. The van der Waals surface area contributed by atoms with Gasteiger partial charge in [0.05, 0.1) is 6.61 Å². The fraction of sp³-hybridized carbons (Fsp3) is 0.647. The summed E-state index contributed by atoms with van der Waals surface area (Å²) in [5.41, 5.74) is 1.42. The zero-order valence-corrected chi connectivity index (χ0v) is 11.8. The van der Waals surface area contributed by atoms with Crippen LogP contribution < -0.4 is 4.74 Å². The van der Waals surface area contributed by atoms with E-state index in [1.807, 2.05) is 0 Å². The summed E-state index contributed by atoms with van der Waals surface area (Å²) in [5.74, 6) is 2.47. The quantitative estimate of drug-likeness (QED) is 0.697. The lowest BCUT2D eigenvalue weighted by Gasteiger charge is -2.21. The second kappa shape index (κ2) is 6.82. The number of benzene rings is 1. The molecule has 0 radical (unpaired) electrons. The summed E-state index contributed by atoms with van der Waals surface area (Å²) < 4.78 is 5.91. The van der Waals surface area contributed by atoms with Crippen molar-refractivity contribution < 1.29 is 4.74 Å². The highest BCUT2D eigenvalue weighted by molar-refractivity contribution is 5.29. The third-order valence-corrected chi connectivity index (χ3v) is 4.27. The van der Waals surface area contributed by atoms with Crippen molar-refractivity contribution in [3.05, 3.63) is 29.8 Å². The molecule has 1 aromatic carbocycles. The van der Waals surface area contributed by atoms with Crippen molar-refractivity contribution in [2.45, 2.75) is 58.3 Å². The molecule has 1 unspecified atom stereocenters. The van der Waals surface area contributed by atoms with Crippen LogP contribution in [0.4, 0.5) is 0 Å². The predicted octanol–water partition coefficient (Wildman–Crippen LogP) is 5.16. The molecule has 2 rings (SSSR count). The van der Waals surface area contributed by atoms with Crippen LogP contribution >= 0.6 is 0 Å². The van der Waals surface area contributed by atoms with Crippen molar-refractivity contribution in [3.63, 3.8) is 0 Å². The molecule has 0 amide bonds. The van der Waals surface area contributed by atoms with Crippen molar-refractivity contribution in [1.82, 2.24) is 0 Å². The largest absolute Gasteiger partial charge is 0.493 e. The van der Waals surface area contributed by atoms with E-state index in [-0.39, 0.29) is 0 Å². The van der Waals surface area contributed by atoms with Gasteiger partial charge in [0.2, 0.25) is 0 Å². The van der Waals surface area contributed by atoms with Crippen molar-refractivity contribution in [1.29, 1.82) is 0 Å². The van der Waals surface area contributed by atoms with E-state index in [2.05, 4.69) is 38.1 Å². The molecule has 1 aliphatic carbocycles. The Labute approximate surface area is 112 Å². The average Bonchev–Trinajstić information content (AvgIpc) is 2.46. The monoisotopic (exact) mass is 246 g/mol. The second-order valence-corrected chi connectivity index (χ2v) is 5.69. The van der Waals surface area contributed by atoms with E-state index in [1.165, 1.54) is 44.1 Å². The van der Waals surface area contributed by atoms with Crippen LogP contribution in [0, 0.1) is 5.92 Å². The number of hydrogen-bond acceptors (Lipinski definition) is 1. The topological polar surface area (TPSA) is 9.23 Å². The first-order chi connectivity index (χ1) is 8.79. The molecule has 1 saturated carbocycles. The first kappa shape index (κ1) is 13.5. The highest BCUT2D eigenvalue weighted by atomic mass is 16.5. The Balaban J connectivity index is 1.82. The highest BCUT2D eigenvalue weighted by Gasteiger charge is 2.13. The fourth-order valence-corrected chi connectivity index (χ4v) is 2.70. The van der Waals surface area contributed by atoms with Gasteiger partial charge in [-0.25, -0.2) is 0 Å². The normalized spacial score (nSPS) is 18.6. The minimum Gasteiger partial charge on any atom is -0.493 e. The van der Waals surface area contributed by atoms with Gasteiger partial charge in [0.15, 0.2) is 0 Å². The Bertz CT molecular complexity index is 335. The molecule has 1 aromatic rings. The Morgan fingerprint density at radius 1 is 1.11 bits per heavy atom. The van der Waals surface area contributed by atoms with Crippen molar-refractivity contribution >= 4 is 0 Å². The minimum atomic E-state index is 0.650. The van der Waals surface area contributed by atoms with E-state index in [0.717, 1.165) is 18.3 Å². The zero-order valence-electron chi connectivity index (χ0n) is 11.8. The molecule has 0 N–H and O–H groups in total.